The normalized spacial score (nSPS) is 13.5. The Bertz CT molecular complexity index is 1460. The molecular formula is C28H32NO8P. The number of nitrogens with one attached hydrogen (secondary N) is 1. The Labute approximate surface area is 221 Å². The molecule has 0 aliphatic carbocycles. The van der Waals surface area contributed by atoms with Gasteiger partial charge in [-0.15, -0.1) is 0 Å². The van der Waals surface area contributed by atoms with Gasteiger partial charge in [0.2, 0.25) is 0 Å². The van der Waals surface area contributed by atoms with Crippen LogP contribution in [-0.2, 0) is 31.2 Å². The Kier molecular flexibility index (Phi) is 8.74. The summed E-state index contributed by atoms with van der Waals surface area (Å²) in [6.45, 7) is 0. The number of para-hydroxylation sites is 1. The summed E-state index contributed by atoms with van der Waals surface area (Å²) >= 11 is 0. The van der Waals surface area contributed by atoms with E-state index in [1.807, 2.05) is 54.6 Å². The maximum absolute atomic E-state index is 13.4. The zero-order valence-corrected chi connectivity index (χ0v) is 22.7. The van der Waals surface area contributed by atoms with E-state index in [2.05, 4.69) is 5.32 Å². The van der Waals surface area contributed by atoms with Gasteiger partial charge in [-0.2, -0.15) is 0 Å². The molecular weight excluding hydrogens is 509 g/mol. The number of hydrogen-bond donors (Lipinski definition) is 2. The third-order valence-corrected chi connectivity index (χ3v) is 8.81. The van der Waals surface area contributed by atoms with Gasteiger partial charge in [0.05, 0.1) is 14.2 Å². The summed E-state index contributed by atoms with van der Waals surface area (Å²) in [6.07, 6.45) is 0.898. The quantitative estimate of drug-likeness (QED) is 0.208. The molecule has 2 N–H and O–H groups in total. The molecule has 38 heavy (non-hydrogen) atoms. The Morgan fingerprint density at radius 2 is 1.58 bits per heavy atom. The van der Waals surface area contributed by atoms with Gasteiger partial charge in [-0.25, -0.2) is 0 Å². The molecule has 9 nitrogen and oxygen atoms in total. The molecule has 1 aromatic heterocycles. The Balaban J connectivity index is 1.56. The minimum atomic E-state index is -3.67. The molecule has 4 rings (SSSR count). The smallest absolute Gasteiger partial charge is 0.346 e. The van der Waals surface area contributed by atoms with Crippen LogP contribution in [0.3, 0.4) is 0 Å². The van der Waals surface area contributed by atoms with Crippen LogP contribution in [0.25, 0.3) is 21.9 Å². The summed E-state index contributed by atoms with van der Waals surface area (Å²) in [7, 11) is 2.03. The average molecular weight is 542 g/mol. The molecule has 0 fully saturated rings. The third kappa shape index (κ3) is 5.87. The first-order valence-corrected chi connectivity index (χ1v) is 13.7. The fourth-order valence-electron chi connectivity index (χ4n) is 4.58. The van der Waals surface area contributed by atoms with Crippen molar-refractivity contribution < 1.29 is 37.4 Å². The molecule has 0 unspecified atom stereocenters. The van der Waals surface area contributed by atoms with Gasteiger partial charge in [-0.3, -0.25) is 14.7 Å². The molecule has 10 heteroatoms. The summed E-state index contributed by atoms with van der Waals surface area (Å²) in [6, 6.07) is 17.8. The molecule has 0 saturated heterocycles. The number of fused-ring (bicyclic) bond motifs is 3. The van der Waals surface area contributed by atoms with Crippen molar-refractivity contribution in [3.05, 3.63) is 71.8 Å². The van der Waals surface area contributed by atoms with Crippen LogP contribution in [0.15, 0.2) is 65.1 Å². The molecule has 1 heterocycles. The number of benzene rings is 3. The number of carbonyl (C=O) groups is 1. The van der Waals surface area contributed by atoms with E-state index in [4.69, 9.17) is 22.9 Å². The van der Waals surface area contributed by atoms with Crippen molar-refractivity contribution in [2.75, 3.05) is 28.4 Å². The first kappa shape index (κ1) is 27.7. The topological polar surface area (TPSA) is 116 Å². The lowest BCUT2D eigenvalue weighted by Gasteiger charge is -2.28. The number of carboxylic acid groups (broad SMARTS) is 1. The Morgan fingerprint density at radius 1 is 0.895 bits per heavy atom. The molecule has 0 spiro atoms. The zero-order chi connectivity index (χ0) is 27.3. The van der Waals surface area contributed by atoms with E-state index in [0.717, 1.165) is 27.5 Å². The van der Waals surface area contributed by atoms with Gasteiger partial charge in [-0.05, 0) is 54.7 Å². The van der Waals surface area contributed by atoms with Gasteiger partial charge >= 0.3 is 13.6 Å². The van der Waals surface area contributed by atoms with Gasteiger partial charge in [0, 0.05) is 25.0 Å². The van der Waals surface area contributed by atoms with E-state index in [-0.39, 0.29) is 6.42 Å². The minimum Gasteiger partial charge on any atom is -0.493 e. The van der Waals surface area contributed by atoms with Crippen LogP contribution in [0, 0.1) is 0 Å². The number of furan rings is 1. The standard InChI is InChI=1S/C28H32NO8P/c1-33-24-13-10-18(16-26(24)34-2)11-14-27(38(32,35-3)36-4)29-22(28(30)31)15-19-9-12-21-20-7-5-6-8-23(20)37-25(21)17-19/h5-10,12-13,16-17,22,27,29H,11,14-15H2,1-4H3,(H,30,31)/t22-,27-/m0/s1. The van der Waals surface area contributed by atoms with Crippen molar-refractivity contribution in [3.63, 3.8) is 0 Å². The van der Waals surface area contributed by atoms with Crippen molar-refractivity contribution >= 4 is 35.5 Å². The molecule has 0 saturated carbocycles. The van der Waals surface area contributed by atoms with Crippen LogP contribution in [-0.4, -0.2) is 51.3 Å². The molecule has 0 aliphatic heterocycles. The van der Waals surface area contributed by atoms with Gasteiger partial charge in [0.1, 0.15) is 23.0 Å². The first-order valence-electron chi connectivity index (χ1n) is 12.1. The summed E-state index contributed by atoms with van der Waals surface area (Å²) in [5, 5.41) is 15.0. The van der Waals surface area contributed by atoms with E-state index < -0.39 is 25.4 Å². The van der Waals surface area contributed by atoms with Gasteiger partial charge < -0.3 is 28.0 Å². The number of hydrogen-bond acceptors (Lipinski definition) is 8. The van der Waals surface area contributed by atoms with Crippen molar-refractivity contribution in [1.82, 2.24) is 5.32 Å². The van der Waals surface area contributed by atoms with E-state index >= 15 is 0 Å². The van der Waals surface area contributed by atoms with Gasteiger partial charge in [-0.1, -0.05) is 36.4 Å². The minimum absolute atomic E-state index is 0.141. The van der Waals surface area contributed by atoms with Crippen LogP contribution in [0.2, 0.25) is 0 Å². The predicted octanol–water partition coefficient (Wildman–Crippen LogP) is 5.63. The fraction of sp³-hybridized carbons (Fsp3) is 0.321. The second-order valence-corrected chi connectivity index (χ2v) is 11.3. The maximum Gasteiger partial charge on any atom is 0.346 e. The Morgan fingerprint density at radius 3 is 2.26 bits per heavy atom. The number of aliphatic carboxylic acids is 1. The van der Waals surface area contributed by atoms with E-state index in [0.29, 0.717) is 29.9 Å². The van der Waals surface area contributed by atoms with Gasteiger partial charge in [0.15, 0.2) is 11.5 Å². The molecule has 202 valence electrons. The van der Waals surface area contributed by atoms with Crippen LogP contribution in [0.4, 0.5) is 0 Å². The molecule has 0 aliphatic rings. The lowest BCUT2D eigenvalue weighted by atomic mass is 10.0. The highest BCUT2D eigenvalue weighted by atomic mass is 31.2. The lowest BCUT2D eigenvalue weighted by Crippen LogP contribution is -2.45. The van der Waals surface area contributed by atoms with E-state index in [9.17, 15) is 14.5 Å². The summed E-state index contributed by atoms with van der Waals surface area (Å²) in [4.78, 5) is 12.3. The van der Waals surface area contributed by atoms with Crippen LogP contribution >= 0.6 is 7.60 Å². The van der Waals surface area contributed by atoms with Crippen molar-refractivity contribution in [3.8, 4) is 11.5 Å². The van der Waals surface area contributed by atoms with Gasteiger partial charge in [0.25, 0.3) is 0 Å². The van der Waals surface area contributed by atoms with E-state index in [1.165, 1.54) is 14.2 Å². The van der Waals surface area contributed by atoms with Crippen LogP contribution in [0.1, 0.15) is 17.5 Å². The lowest BCUT2D eigenvalue weighted by molar-refractivity contribution is -0.139. The maximum atomic E-state index is 13.4. The molecule has 0 bridgehead atoms. The second kappa shape index (κ2) is 12.0. The number of rotatable bonds is 13. The number of methoxy groups -OCH3 is 2. The number of ether oxygens (including phenoxy) is 2. The highest BCUT2D eigenvalue weighted by molar-refractivity contribution is 7.54. The second-order valence-electron chi connectivity index (χ2n) is 8.84. The molecule has 0 radical (unpaired) electrons. The van der Waals surface area contributed by atoms with Crippen molar-refractivity contribution in [1.29, 1.82) is 0 Å². The van der Waals surface area contributed by atoms with Crippen molar-refractivity contribution in [2.45, 2.75) is 31.1 Å². The molecule has 2 atom stereocenters. The summed E-state index contributed by atoms with van der Waals surface area (Å²) in [5.41, 5.74) is 3.11. The van der Waals surface area contributed by atoms with Crippen LogP contribution in [0.5, 0.6) is 11.5 Å². The summed E-state index contributed by atoms with van der Waals surface area (Å²) < 4.78 is 40.6. The monoisotopic (exact) mass is 541 g/mol. The third-order valence-electron chi connectivity index (χ3n) is 6.62. The average Bonchev–Trinajstić information content (AvgIpc) is 3.31. The highest BCUT2D eigenvalue weighted by Crippen LogP contribution is 2.52. The molecule has 4 aromatic rings. The predicted molar refractivity (Wildman–Crippen MR) is 145 cm³/mol. The van der Waals surface area contributed by atoms with E-state index in [1.54, 1.807) is 20.3 Å². The largest absolute Gasteiger partial charge is 0.493 e. The number of carboxylic acids is 1. The zero-order valence-electron chi connectivity index (χ0n) is 21.8. The first-order chi connectivity index (χ1) is 18.3. The SMILES string of the molecule is COc1ccc(CC[C@@H](N[C@@H](Cc2ccc3c(c2)oc2ccccc23)C(=O)O)P(=O)(OC)OC)cc1OC. The van der Waals surface area contributed by atoms with Crippen LogP contribution < -0.4 is 14.8 Å². The highest BCUT2D eigenvalue weighted by Gasteiger charge is 2.37. The Hall–Kier alpha value is -3.36. The van der Waals surface area contributed by atoms with Crippen molar-refractivity contribution in [2.24, 2.45) is 0 Å². The molecule has 3 aromatic carbocycles. The number of aryl methyl sites for hydroxylation is 1. The molecule has 0 amide bonds. The fourth-order valence-corrected chi connectivity index (χ4v) is 6.05. The summed E-state index contributed by atoms with van der Waals surface area (Å²) in [5.74, 6) is -0.787.